The molecule has 3 unspecified atom stereocenters. The van der Waals surface area contributed by atoms with Crippen molar-refractivity contribution in [3.8, 4) is 0 Å². The van der Waals surface area contributed by atoms with Gasteiger partial charge in [-0.3, -0.25) is 0 Å². The second-order valence-corrected chi connectivity index (χ2v) is 7.44. The largest absolute Gasteiger partial charge is 0.393 e. The fourth-order valence-electron chi connectivity index (χ4n) is 3.65. The molecule has 6 heteroatoms. The van der Waals surface area contributed by atoms with Crippen LogP contribution in [0.25, 0.3) is 10.2 Å². The third-order valence-corrected chi connectivity index (χ3v) is 5.70. The highest BCUT2D eigenvalue weighted by Crippen LogP contribution is 2.41. The predicted octanol–water partition coefficient (Wildman–Crippen LogP) is 2.86. The Morgan fingerprint density at radius 1 is 1.35 bits per heavy atom. The molecule has 20 heavy (non-hydrogen) atoms. The smallest absolute Gasteiger partial charge is 0.225 e. The van der Waals surface area contributed by atoms with Gasteiger partial charge in [0.05, 0.1) is 11.5 Å². The maximum atomic E-state index is 10.1. The number of aryl methyl sites for hydroxylation is 1. The summed E-state index contributed by atoms with van der Waals surface area (Å²) in [6, 6.07) is 2.14. The number of aromatic nitrogens is 2. The first kappa shape index (κ1) is 12.8. The van der Waals surface area contributed by atoms with E-state index in [0.29, 0.717) is 17.1 Å². The molecule has 3 atom stereocenters. The maximum absolute atomic E-state index is 10.1. The summed E-state index contributed by atoms with van der Waals surface area (Å²) >= 11 is 7.72. The van der Waals surface area contributed by atoms with Gasteiger partial charge < -0.3 is 10.0 Å². The molecule has 3 heterocycles. The molecule has 0 radical (unpaired) electrons. The molecule has 2 aromatic rings. The number of aliphatic hydroxyl groups is 1. The quantitative estimate of drug-likeness (QED) is 0.823. The van der Waals surface area contributed by atoms with Gasteiger partial charge in [-0.1, -0.05) is 0 Å². The van der Waals surface area contributed by atoms with Gasteiger partial charge in [0.15, 0.2) is 0 Å². The Balaban J connectivity index is 1.75. The van der Waals surface area contributed by atoms with Crippen LogP contribution in [0.5, 0.6) is 0 Å². The van der Waals surface area contributed by atoms with Gasteiger partial charge in [-0.05, 0) is 43.4 Å². The number of fused-ring (bicyclic) bond motifs is 2. The van der Waals surface area contributed by atoms with E-state index in [0.717, 1.165) is 42.0 Å². The molecule has 0 amide bonds. The summed E-state index contributed by atoms with van der Waals surface area (Å²) in [5.74, 6) is 1.91. The number of nitrogens with zero attached hydrogens (tertiary/aromatic N) is 3. The Labute approximate surface area is 126 Å². The Hall–Kier alpha value is -0.910. The van der Waals surface area contributed by atoms with Crippen molar-refractivity contribution in [3.63, 3.8) is 0 Å². The van der Waals surface area contributed by atoms with Crippen LogP contribution in [0, 0.1) is 18.8 Å². The molecule has 106 valence electrons. The lowest BCUT2D eigenvalue weighted by atomic mass is 10.00. The number of hydrogen-bond acceptors (Lipinski definition) is 5. The van der Waals surface area contributed by atoms with Crippen molar-refractivity contribution in [2.75, 3.05) is 18.0 Å². The summed E-state index contributed by atoms with van der Waals surface area (Å²) in [5.41, 5.74) is 0. The Kier molecular flexibility index (Phi) is 2.91. The number of anilines is 1. The minimum absolute atomic E-state index is 0.151. The minimum Gasteiger partial charge on any atom is -0.393 e. The predicted molar refractivity (Wildman–Crippen MR) is 81.6 cm³/mol. The van der Waals surface area contributed by atoms with Gasteiger partial charge in [0.1, 0.15) is 10.6 Å². The average molecular weight is 310 g/mol. The van der Waals surface area contributed by atoms with E-state index in [1.54, 1.807) is 11.3 Å². The van der Waals surface area contributed by atoms with E-state index >= 15 is 0 Å². The van der Waals surface area contributed by atoms with Crippen LogP contribution in [0.4, 0.5) is 5.82 Å². The van der Waals surface area contributed by atoms with E-state index in [1.807, 2.05) is 0 Å². The van der Waals surface area contributed by atoms with Crippen molar-refractivity contribution in [2.45, 2.75) is 25.9 Å². The summed E-state index contributed by atoms with van der Waals surface area (Å²) in [7, 11) is 0. The highest BCUT2D eigenvalue weighted by molar-refractivity contribution is 7.18. The summed E-state index contributed by atoms with van der Waals surface area (Å²) in [4.78, 5) is 13.2. The standard InChI is InChI=1S/C14H16ClN3OS/c1-7-4-9-12(16-14(15)17-13(9)20-7)18-5-8-2-3-11(19)10(8)6-18/h4,8,10-11,19H,2-3,5-6H2,1H3. The molecule has 2 fully saturated rings. The van der Waals surface area contributed by atoms with Gasteiger partial charge in [-0.2, -0.15) is 4.98 Å². The van der Waals surface area contributed by atoms with Crippen molar-refractivity contribution in [2.24, 2.45) is 11.8 Å². The topological polar surface area (TPSA) is 49.2 Å². The van der Waals surface area contributed by atoms with Crippen LogP contribution in [0.2, 0.25) is 5.28 Å². The van der Waals surface area contributed by atoms with E-state index in [-0.39, 0.29) is 6.10 Å². The monoisotopic (exact) mass is 309 g/mol. The number of halogens is 1. The third-order valence-electron chi connectivity index (χ3n) is 4.59. The van der Waals surface area contributed by atoms with E-state index in [2.05, 4.69) is 27.9 Å². The first-order chi connectivity index (χ1) is 9.61. The summed E-state index contributed by atoms with van der Waals surface area (Å²) in [6.07, 6.45) is 1.91. The first-order valence-corrected chi connectivity index (χ1v) is 8.18. The Morgan fingerprint density at radius 3 is 3.00 bits per heavy atom. The third kappa shape index (κ3) is 1.91. The van der Waals surface area contributed by atoms with Gasteiger partial charge in [-0.15, -0.1) is 11.3 Å². The van der Waals surface area contributed by atoms with Crippen molar-refractivity contribution >= 4 is 39.0 Å². The van der Waals surface area contributed by atoms with Gasteiger partial charge >= 0.3 is 0 Å². The van der Waals surface area contributed by atoms with Crippen LogP contribution >= 0.6 is 22.9 Å². The molecule has 2 aromatic heterocycles. The Bertz CT molecular complexity index is 674. The fraction of sp³-hybridized carbons (Fsp3) is 0.571. The van der Waals surface area contributed by atoms with Gasteiger partial charge in [0.2, 0.25) is 5.28 Å². The van der Waals surface area contributed by atoms with Gasteiger partial charge in [0.25, 0.3) is 0 Å². The lowest BCUT2D eigenvalue weighted by molar-refractivity contribution is 0.133. The lowest BCUT2D eigenvalue weighted by Crippen LogP contribution is -2.25. The zero-order chi connectivity index (χ0) is 13.9. The molecular weight excluding hydrogens is 294 g/mol. The molecular formula is C14H16ClN3OS. The summed E-state index contributed by atoms with van der Waals surface area (Å²) in [5, 5.41) is 11.5. The van der Waals surface area contributed by atoms with Crippen LogP contribution in [0.1, 0.15) is 17.7 Å². The van der Waals surface area contributed by atoms with E-state index < -0.39 is 0 Å². The normalized spacial score (nSPS) is 29.4. The van der Waals surface area contributed by atoms with Crippen LogP contribution in [-0.4, -0.2) is 34.3 Å². The SMILES string of the molecule is Cc1cc2c(N3CC4CCC(O)C4C3)nc(Cl)nc2s1. The minimum atomic E-state index is -0.151. The molecule has 4 nitrogen and oxygen atoms in total. The zero-order valence-corrected chi connectivity index (χ0v) is 12.8. The molecule has 0 aromatic carbocycles. The molecule has 1 aliphatic heterocycles. The number of rotatable bonds is 1. The zero-order valence-electron chi connectivity index (χ0n) is 11.2. The summed E-state index contributed by atoms with van der Waals surface area (Å²) < 4.78 is 0. The maximum Gasteiger partial charge on any atom is 0.225 e. The summed E-state index contributed by atoms with van der Waals surface area (Å²) in [6.45, 7) is 3.93. The van der Waals surface area contributed by atoms with Crippen molar-refractivity contribution < 1.29 is 5.11 Å². The number of aliphatic hydroxyl groups excluding tert-OH is 1. The van der Waals surface area contributed by atoms with Gasteiger partial charge in [-0.25, -0.2) is 4.98 Å². The molecule has 1 saturated heterocycles. The van der Waals surface area contributed by atoms with E-state index in [1.165, 1.54) is 4.88 Å². The van der Waals surface area contributed by atoms with Crippen LogP contribution in [-0.2, 0) is 0 Å². The highest BCUT2D eigenvalue weighted by atomic mass is 35.5. The molecule has 1 N–H and O–H groups in total. The number of hydrogen-bond donors (Lipinski definition) is 1. The van der Waals surface area contributed by atoms with Crippen molar-refractivity contribution in [1.29, 1.82) is 0 Å². The molecule has 2 aliphatic rings. The second kappa shape index (κ2) is 4.55. The van der Waals surface area contributed by atoms with Crippen molar-refractivity contribution in [3.05, 3.63) is 16.2 Å². The van der Waals surface area contributed by atoms with Crippen molar-refractivity contribution in [1.82, 2.24) is 9.97 Å². The molecule has 0 bridgehead atoms. The Morgan fingerprint density at radius 2 is 2.20 bits per heavy atom. The first-order valence-electron chi connectivity index (χ1n) is 6.98. The van der Waals surface area contributed by atoms with Crippen LogP contribution in [0.3, 0.4) is 0 Å². The molecule has 1 saturated carbocycles. The molecule has 0 spiro atoms. The van der Waals surface area contributed by atoms with Crippen LogP contribution in [0.15, 0.2) is 6.07 Å². The number of thiophene rings is 1. The lowest BCUT2D eigenvalue weighted by Gasteiger charge is -2.20. The van der Waals surface area contributed by atoms with Gasteiger partial charge in [0, 0.05) is 23.9 Å². The van der Waals surface area contributed by atoms with Crippen LogP contribution < -0.4 is 4.90 Å². The highest BCUT2D eigenvalue weighted by Gasteiger charge is 2.42. The average Bonchev–Trinajstić information content (AvgIpc) is 3.04. The second-order valence-electron chi connectivity index (χ2n) is 5.87. The molecule has 1 aliphatic carbocycles. The van der Waals surface area contributed by atoms with E-state index in [9.17, 15) is 5.11 Å². The fourth-order valence-corrected chi connectivity index (χ4v) is 4.74. The van der Waals surface area contributed by atoms with E-state index in [4.69, 9.17) is 11.6 Å². The molecule has 4 rings (SSSR count).